The summed E-state index contributed by atoms with van der Waals surface area (Å²) in [4.78, 5) is 10.4. The molecule has 1 aromatic rings. The zero-order valence-corrected chi connectivity index (χ0v) is 8.85. The standard InChI is InChI=1S/C8H10N2O2.2ClH/c9-6-3-1-2-5(4-6)7(10)8(11)12;;/h1-4,7H,9-10H2,(H,11,12);2*1H. The van der Waals surface area contributed by atoms with E-state index in [0.29, 0.717) is 11.3 Å². The number of nitrogen functional groups attached to an aromatic ring is 1. The second-order valence-electron chi connectivity index (χ2n) is 2.49. The van der Waals surface area contributed by atoms with Crippen molar-refractivity contribution in [2.75, 3.05) is 5.73 Å². The van der Waals surface area contributed by atoms with E-state index in [9.17, 15) is 4.79 Å². The number of halogens is 2. The lowest BCUT2D eigenvalue weighted by Crippen LogP contribution is -2.20. The lowest BCUT2D eigenvalue weighted by molar-refractivity contribution is -0.138. The summed E-state index contributed by atoms with van der Waals surface area (Å²) >= 11 is 0. The fourth-order valence-electron chi connectivity index (χ4n) is 0.895. The molecule has 0 radical (unpaired) electrons. The second kappa shape index (κ2) is 6.48. The van der Waals surface area contributed by atoms with Gasteiger partial charge in [0.25, 0.3) is 0 Å². The highest BCUT2D eigenvalue weighted by Gasteiger charge is 2.13. The summed E-state index contributed by atoms with van der Waals surface area (Å²) in [5.74, 6) is -1.06. The second-order valence-corrected chi connectivity index (χ2v) is 2.49. The quantitative estimate of drug-likeness (QED) is 0.676. The van der Waals surface area contributed by atoms with Crippen molar-refractivity contribution in [3.63, 3.8) is 0 Å². The molecule has 1 aromatic carbocycles. The van der Waals surface area contributed by atoms with Gasteiger partial charge in [0.1, 0.15) is 6.04 Å². The summed E-state index contributed by atoms with van der Waals surface area (Å²) in [6.45, 7) is 0. The van der Waals surface area contributed by atoms with Crippen LogP contribution < -0.4 is 11.5 Å². The van der Waals surface area contributed by atoms with E-state index in [2.05, 4.69) is 0 Å². The Kier molecular flexibility index (Phi) is 7.17. The van der Waals surface area contributed by atoms with E-state index in [1.165, 1.54) is 0 Å². The molecule has 1 rings (SSSR count). The first kappa shape index (κ1) is 15.5. The van der Waals surface area contributed by atoms with E-state index in [0.717, 1.165) is 0 Å². The first-order valence-corrected chi connectivity index (χ1v) is 3.45. The van der Waals surface area contributed by atoms with E-state index >= 15 is 0 Å². The largest absolute Gasteiger partial charge is 0.480 e. The number of anilines is 1. The Morgan fingerprint density at radius 3 is 2.36 bits per heavy atom. The van der Waals surface area contributed by atoms with Crippen LogP contribution in [0.25, 0.3) is 0 Å². The molecule has 0 spiro atoms. The molecule has 0 saturated carbocycles. The van der Waals surface area contributed by atoms with Gasteiger partial charge in [-0.25, -0.2) is 0 Å². The molecule has 80 valence electrons. The number of nitrogens with two attached hydrogens (primary N) is 2. The van der Waals surface area contributed by atoms with Gasteiger partial charge in [-0.1, -0.05) is 12.1 Å². The van der Waals surface area contributed by atoms with Gasteiger partial charge in [-0.2, -0.15) is 0 Å². The lowest BCUT2D eigenvalue weighted by atomic mass is 10.1. The minimum atomic E-state index is -1.06. The smallest absolute Gasteiger partial charge is 0.325 e. The molecular formula is C8H12Cl2N2O2. The number of hydrogen-bond acceptors (Lipinski definition) is 3. The molecule has 0 amide bonds. The normalized spacial score (nSPS) is 10.6. The molecule has 0 aliphatic rings. The van der Waals surface area contributed by atoms with Crippen LogP contribution in [0.1, 0.15) is 11.6 Å². The Hall–Kier alpha value is -0.970. The van der Waals surface area contributed by atoms with E-state index < -0.39 is 12.0 Å². The van der Waals surface area contributed by atoms with Crippen molar-refractivity contribution < 1.29 is 9.90 Å². The molecule has 14 heavy (non-hydrogen) atoms. The van der Waals surface area contributed by atoms with Crippen molar-refractivity contribution in [2.45, 2.75) is 6.04 Å². The Bertz CT molecular complexity index is 307. The molecule has 0 fully saturated rings. The maximum atomic E-state index is 10.4. The minimum Gasteiger partial charge on any atom is -0.480 e. The predicted octanol–water partition coefficient (Wildman–Crippen LogP) is 1.20. The molecule has 0 saturated heterocycles. The summed E-state index contributed by atoms with van der Waals surface area (Å²) in [5, 5.41) is 8.56. The van der Waals surface area contributed by atoms with Crippen molar-refractivity contribution in [3.8, 4) is 0 Å². The SMILES string of the molecule is Cl.Cl.Nc1cccc(C(N)C(=O)O)c1. The third kappa shape index (κ3) is 3.83. The van der Waals surface area contributed by atoms with Crippen LogP contribution in [0.5, 0.6) is 0 Å². The number of carbonyl (C=O) groups is 1. The predicted molar refractivity (Wildman–Crippen MR) is 59.9 cm³/mol. The molecule has 1 unspecified atom stereocenters. The van der Waals surface area contributed by atoms with Crippen LogP contribution in [0.3, 0.4) is 0 Å². The van der Waals surface area contributed by atoms with Crippen molar-refractivity contribution in [1.82, 2.24) is 0 Å². The van der Waals surface area contributed by atoms with Crippen LogP contribution in [0.15, 0.2) is 24.3 Å². The first-order valence-electron chi connectivity index (χ1n) is 3.45. The molecule has 0 aliphatic heterocycles. The van der Waals surface area contributed by atoms with Crippen LogP contribution in [-0.4, -0.2) is 11.1 Å². The average Bonchev–Trinajstić information content (AvgIpc) is 2.03. The number of carboxylic acid groups (broad SMARTS) is 1. The van der Waals surface area contributed by atoms with Crippen molar-refractivity contribution in [2.24, 2.45) is 5.73 Å². The Morgan fingerprint density at radius 2 is 1.93 bits per heavy atom. The van der Waals surface area contributed by atoms with Crippen molar-refractivity contribution >= 4 is 36.5 Å². The maximum Gasteiger partial charge on any atom is 0.325 e. The zero-order chi connectivity index (χ0) is 9.14. The maximum absolute atomic E-state index is 10.4. The molecule has 5 N–H and O–H groups in total. The van der Waals surface area contributed by atoms with E-state index in [1.807, 2.05) is 0 Å². The molecule has 1 atom stereocenters. The molecule has 0 aliphatic carbocycles. The van der Waals surface area contributed by atoms with Crippen LogP contribution in [0.4, 0.5) is 5.69 Å². The van der Waals surface area contributed by atoms with Gasteiger partial charge < -0.3 is 16.6 Å². The fraction of sp³-hybridized carbons (Fsp3) is 0.125. The Balaban J connectivity index is 0. The van der Waals surface area contributed by atoms with Gasteiger partial charge >= 0.3 is 5.97 Å². The molecular weight excluding hydrogens is 227 g/mol. The van der Waals surface area contributed by atoms with Crippen molar-refractivity contribution in [3.05, 3.63) is 29.8 Å². The summed E-state index contributed by atoms with van der Waals surface area (Å²) in [7, 11) is 0. The molecule has 0 heterocycles. The van der Waals surface area contributed by atoms with Gasteiger partial charge in [-0.3, -0.25) is 4.79 Å². The number of aliphatic carboxylic acids is 1. The van der Waals surface area contributed by atoms with E-state index in [-0.39, 0.29) is 24.8 Å². The molecule has 0 bridgehead atoms. The average molecular weight is 239 g/mol. The van der Waals surface area contributed by atoms with Gasteiger partial charge in [0.15, 0.2) is 0 Å². The Morgan fingerprint density at radius 1 is 1.36 bits per heavy atom. The topological polar surface area (TPSA) is 89.3 Å². The summed E-state index contributed by atoms with van der Waals surface area (Å²) < 4.78 is 0. The highest BCUT2D eigenvalue weighted by atomic mass is 35.5. The molecule has 6 heteroatoms. The van der Waals surface area contributed by atoms with Gasteiger partial charge in [0.2, 0.25) is 0 Å². The minimum absolute atomic E-state index is 0. The first-order chi connectivity index (χ1) is 5.61. The molecule has 0 aromatic heterocycles. The Labute approximate surface area is 94.1 Å². The summed E-state index contributed by atoms with van der Waals surface area (Å²) in [6, 6.07) is 5.55. The number of hydrogen-bond donors (Lipinski definition) is 3. The van der Waals surface area contributed by atoms with Gasteiger partial charge in [0, 0.05) is 5.69 Å². The lowest BCUT2D eigenvalue weighted by Gasteiger charge is -2.06. The van der Waals surface area contributed by atoms with Crippen molar-refractivity contribution in [1.29, 1.82) is 0 Å². The van der Waals surface area contributed by atoms with E-state index in [1.54, 1.807) is 24.3 Å². The highest BCUT2D eigenvalue weighted by Crippen LogP contribution is 2.13. The number of carboxylic acids is 1. The highest BCUT2D eigenvalue weighted by molar-refractivity contribution is 5.85. The monoisotopic (exact) mass is 238 g/mol. The summed E-state index contributed by atoms with van der Waals surface area (Å²) in [6.07, 6.45) is 0. The van der Waals surface area contributed by atoms with Crippen LogP contribution in [-0.2, 0) is 4.79 Å². The van der Waals surface area contributed by atoms with Crippen LogP contribution >= 0.6 is 24.8 Å². The number of benzene rings is 1. The van der Waals surface area contributed by atoms with Crippen LogP contribution in [0, 0.1) is 0 Å². The zero-order valence-electron chi connectivity index (χ0n) is 7.21. The fourth-order valence-corrected chi connectivity index (χ4v) is 0.895. The number of rotatable bonds is 2. The summed E-state index contributed by atoms with van der Waals surface area (Å²) in [5.41, 5.74) is 11.8. The molecule has 4 nitrogen and oxygen atoms in total. The third-order valence-electron chi connectivity index (χ3n) is 1.54. The van der Waals surface area contributed by atoms with Gasteiger partial charge in [-0.05, 0) is 17.7 Å². The van der Waals surface area contributed by atoms with Gasteiger partial charge in [-0.15, -0.1) is 24.8 Å². The van der Waals surface area contributed by atoms with Crippen LogP contribution in [0.2, 0.25) is 0 Å². The van der Waals surface area contributed by atoms with Gasteiger partial charge in [0.05, 0.1) is 0 Å². The third-order valence-corrected chi connectivity index (χ3v) is 1.54. The van der Waals surface area contributed by atoms with E-state index in [4.69, 9.17) is 16.6 Å².